The molecular weight excluding hydrogens is 256 g/mol. The number of hydrogen-bond acceptors (Lipinski definition) is 1. The lowest BCUT2D eigenvalue weighted by Crippen LogP contribution is -2.24. The maximum absolute atomic E-state index is 14.3. The van der Waals surface area contributed by atoms with E-state index in [1.54, 1.807) is 12.1 Å². The first-order valence-corrected chi connectivity index (χ1v) is 6.78. The predicted octanol–water partition coefficient (Wildman–Crippen LogP) is 4.28. The van der Waals surface area contributed by atoms with E-state index >= 15 is 0 Å². The van der Waals surface area contributed by atoms with E-state index < -0.39 is 0 Å². The van der Waals surface area contributed by atoms with Crippen molar-refractivity contribution in [3.8, 4) is 0 Å². The summed E-state index contributed by atoms with van der Waals surface area (Å²) < 4.78 is 27.4. The molecule has 2 aromatic carbocycles. The molecule has 0 amide bonds. The summed E-state index contributed by atoms with van der Waals surface area (Å²) in [4.78, 5) is 0. The van der Waals surface area contributed by atoms with Gasteiger partial charge in [-0.2, -0.15) is 0 Å². The molecule has 1 atom stereocenters. The Morgan fingerprint density at radius 3 is 2.25 bits per heavy atom. The maximum Gasteiger partial charge on any atom is 0.128 e. The largest absolute Gasteiger partial charge is 0.306 e. The van der Waals surface area contributed by atoms with Gasteiger partial charge in [0.2, 0.25) is 0 Å². The van der Waals surface area contributed by atoms with Gasteiger partial charge in [-0.05, 0) is 55.3 Å². The fourth-order valence-corrected chi connectivity index (χ4v) is 2.54. The Kier molecular flexibility index (Phi) is 4.50. The number of hydrogen-bond donors (Lipinski definition) is 1. The highest BCUT2D eigenvalue weighted by Crippen LogP contribution is 2.28. The van der Waals surface area contributed by atoms with E-state index in [1.807, 2.05) is 26.8 Å². The van der Waals surface area contributed by atoms with Gasteiger partial charge in [-0.1, -0.05) is 25.1 Å². The highest BCUT2D eigenvalue weighted by molar-refractivity contribution is 5.40. The Bertz CT molecular complexity index is 567. The molecule has 1 nitrogen and oxygen atoms in total. The Hall–Kier alpha value is -1.74. The fourth-order valence-electron chi connectivity index (χ4n) is 2.54. The molecule has 0 bridgehead atoms. The van der Waals surface area contributed by atoms with Crippen molar-refractivity contribution in [3.63, 3.8) is 0 Å². The van der Waals surface area contributed by atoms with Gasteiger partial charge >= 0.3 is 0 Å². The quantitative estimate of drug-likeness (QED) is 0.878. The Balaban J connectivity index is 2.51. The SMILES string of the molecule is CCNC(c1ccc(F)cc1)c1c(C)cc(C)cc1F. The van der Waals surface area contributed by atoms with E-state index in [2.05, 4.69) is 5.32 Å². The Labute approximate surface area is 118 Å². The van der Waals surface area contributed by atoms with Gasteiger partial charge in [0.25, 0.3) is 0 Å². The molecule has 0 fully saturated rings. The molecule has 0 spiro atoms. The van der Waals surface area contributed by atoms with Crippen molar-refractivity contribution in [3.05, 3.63) is 70.3 Å². The van der Waals surface area contributed by atoms with Crippen LogP contribution >= 0.6 is 0 Å². The molecule has 0 aromatic heterocycles. The molecule has 106 valence electrons. The van der Waals surface area contributed by atoms with Gasteiger partial charge in [-0.3, -0.25) is 0 Å². The summed E-state index contributed by atoms with van der Waals surface area (Å²) in [6.45, 7) is 6.45. The first-order chi connectivity index (χ1) is 9.52. The number of aryl methyl sites for hydroxylation is 2. The van der Waals surface area contributed by atoms with Crippen LogP contribution in [0.25, 0.3) is 0 Å². The van der Waals surface area contributed by atoms with E-state index in [-0.39, 0.29) is 17.7 Å². The summed E-state index contributed by atoms with van der Waals surface area (Å²) in [6, 6.07) is 9.44. The molecule has 0 aliphatic rings. The second-order valence-electron chi connectivity index (χ2n) is 5.02. The van der Waals surface area contributed by atoms with Crippen LogP contribution in [0.2, 0.25) is 0 Å². The smallest absolute Gasteiger partial charge is 0.128 e. The zero-order chi connectivity index (χ0) is 14.7. The van der Waals surface area contributed by atoms with Gasteiger partial charge in [-0.25, -0.2) is 8.78 Å². The van der Waals surface area contributed by atoms with Crippen molar-refractivity contribution in [1.82, 2.24) is 5.32 Å². The highest BCUT2D eigenvalue weighted by Gasteiger charge is 2.19. The molecule has 20 heavy (non-hydrogen) atoms. The molecule has 2 aromatic rings. The minimum atomic E-state index is -0.287. The fraction of sp³-hybridized carbons (Fsp3) is 0.294. The number of rotatable bonds is 4. The van der Waals surface area contributed by atoms with Crippen LogP contribution in [0, 0.1) is 25.5 Å². The summed E-state index contributed by atoms with van der Waals surface area (Å²) in [6.07, 6.45) is 0. The molecular formula is C17H19F2N. The standard InChI is InChI=1S/C17H19F2N/c1-4-20-17(13-5-7-14(18)8-6-13)16-12(3)9-11(2)10-15(16)19/h5-10,17,20H,4H2,1-3H3. The van der Waals surface area contributed by atoms with Gasteiger partial charge < -0.3 is 5.32 Å². The zero-order valence-corrected chi connectivity index (χ0v) is 12.0. The van der Waals surface area contributed by atoms with Crippen LogP contribution < -0.4 is 5.32 Å². The van der Waals surface area contributed by atoms with E-state index in [0.29, 0.717) is 12.1 Å². The number of nitrogens with one attached hydrogen (secondary N) is 1. The minimum absolute atomic E-state index is 0.224. The van der Waals surface area contributed by atoms with E-state index in [0.717, 1.165) is 16.7 Å². The van der Waals surface area contributed by atoms with Gasteiger partial charge in [0.1, 0.15) is 11.6 Å². The van der Waals surface area contributed by atoms with Crippen molar-refractivity contribution in [2.75, 3.05) is 6.54 Å². The lowest BCUT2D eigenvalue weighted by atomic mass is 9.93. The number of benzene rings is 2. The third-order valence-corrected chi connectivity index (χ3v) is 3.38. The van der Waals surface area contributed by atoms with Gasteiger partial charge in [0.15, 0.2) is 0 Å². The summed E-state index contributed by atoms with van der Waals surface area (Å²) in [5.74, 6) is -0.511. The van der Waals surface area contributed by atoms with Crippen LogP contribution in [0.3, 0.4) is 0 Å². The minimum Gasteiger partial charge on any atom is -0.306 e. The van der Waals surface area contributed by atoms with Gasteiger partial charge in [-0.15, -0.1) is 0 Å². The van der Waals surface area contributed by atoms with Crippen LogP contribution in [0.1, 0.15) is 35.2 Å². The van der Waals surface area contributed by atoms with Crippen molar-refractivity contribution in [1.29, 1.82) is 0 Å². The van der Waals surface area contributed by atoms with Crippen LogP contribution in [0.4, 0.5) is 8.78 Å². The number of halogens is 2. The summed E-state index contributed by atoms with van der Waals surface area (Å²) >= 11 is 0. The molecule has 3 heteroatoms. The topological polar surface area (TPSA) is 12.0 Å². The van der Waals surface area contributed by atoms with E-state index in [4.69, 9.17) is 0 Å². The van der Waals surface area contributed by atoms with Crippen LogP contribution in [-0.4, -0.2) is 6.54 Å². The Morgan fingerprint density at radius 1 is 1.05 bits per heavy atom. The Morgan fingerprint density at radius 2 is 1.70 bits per heavy atom. The van der Waals surface area contributed by atoms with Crippen molar-refractivity contribution < 1.29 is 8.78 Å². The zero-order valence-electron chi connectivity index (χ0n) is 12.0. The molecule has 0 radical (unpaired) electrons. The summed E-state index contributed by atoms with van der Waals surface area (Å²) in [5.41, 5.74) is 3.29. The first kappa shape index (κ1) is 14.7. The van der Waals surface area contributed by atoms with E-state index in [1.165, 1.54) is 18.2 Å². The van der Waals surface area contributed by atoms with Crippen molar-refractivity contribution in [2.24, 2.45) is 0 Å². The molecule has 2 rings (SSSR count). The normalized spacial score (nSPS) is 12.4. The second kappa shape index (κ2) is 6.14. The first-order valence-electron chi connectivity index (χ1n) is 6.78. The third-order valence-electron chi connectivity index (χ3n) is 3.38. The monoisotopic (exact) mass is 275 g/mol. The highest BCUT2D eigenvalue weighted by atomic mass is 19.1. The lowest BCUT2D eigenvalue weighted by Gasteiger charge is -2.22. The van der Waals surface area contributed by atoms with E-state index in [9.17, 15) is 8.78 Å². The van der Waals surface area contributed by atoms with Crippen molar-refractivity contribution >= 4 is 0 Å². The molecule has 0 saturated carbocycles. The molecule has 0 heterocycles. The average Bonchev–Trinajstić information content (AvgIpc) is 2.37. The summed E-state index contributed by atoms with van der Waals surface area (Å²) in [7, 11) is 0. The lowest BCUT2D eigenvalue weighted by molar-refractivity contribution is 0.554. The third kappa shape index (κ3) is 3.05. The summed E-state index contributed by atoms with van der Waals surface area (Å²) in [5, 5.41) is 3.27. The maximum atomic E-state index is 14.3. The average molecular weight is 275 g/mol. The van der Waals surface area contributed by atoms with Gasteiger partial charge in [0.05, 0.1) is 6.04 Å². The van der Waals surface area contributed by atoms with Gasteiger partial charge in [0, 0.05) is 5.56 Å². The molecule has 0 aliphatic carbocycles. The van der Waals surface area contributed by atoms with Crippen LogP contribution in [0.15, 0.2) is 36.4 Å². The van der Waals surface area contributed by atoms with Crippen LogP contribution in [-0.2, 0) is 0 Å². The van der Waals surface area contributed by atoms with Crippen LogP contribution in [0.5, 0.6) is 0 Å². The second-order valence-corrected chi connectivity index (χ2v) is 5.02. The predicted molar refractivity (Wildman–Crippen MR) is 77.8 cm³/mol. The molecule has 0 aliphatic heterocycles. The van der Waals surface area contributed by atoms with Crippen molar-refractivity contribution in [2.45, 2.75) is 26.8 Å². The molecule has 1 N–H and O–H groups in total. The molecule has 1 unspecified atom stereocenters. The molecule has 0 saturated heterocycles.